The van der Waals surface area contributed by atoms with E-state index in [1.165, 1.54) is 24.2 Å². The number of hydrazone groups is 1. The molecule has 0 unspecified atom stereocenters. The van der Waals surface area contributed by atoms with E-state index in [2.05, 4.69) is 15.5 Å². The maximum Gasteiger partial charge on any atom is 0.311 e. The van der Waals surface area contributed by atoms with Crippen LogP contribution >= 0.6 is 11.3 Å². The van der Waals surface area contributed by atoms with Crippen molar-refractivity contribution < 1.29 is 19.0 Å². The Balaban J connectivity index is 1.56. The van der Waals surface area contributed by atoms with Crippen molar-refractivity contribution in [2.45, 2.75) is 26.2 Å². The maximum atomic E-state index is 11.5. The van der Waals surface area contributed by atoms with Crippen LogP contribution in [0.5, 0.6) is 11.5 Å². The predicted octanol–water partition coefficient (Wildman–Crippen LogP) is 3.49. The average Bonchev–Trinajstić information content (AvgIpc) is 3.39. The molecule has 0 atom stereocenters. The van der Waals surface area contributed by atoms with E-state index in [-0.39, 0.29) is 12.4 Å². The summed E-state index contributed by atoms with van der Waals surface area (Å²) in [5.74, 6) is 1.82. The Hall–Kier alpha value is -2.61. The Bertz CT molecular complexity index is 802. The zero-order valence-electron chi connectivity index (χ0n) is 15.4. The first-order valence-corrected chi connectivity index (χ1v) is 9.75. The molecular weight excluding hydrogens is 366 g/mol. The summed E-state index contributed by atoms with van der Waals surface area (Å²) in [6.45, 7) is 2.87. The van der Waals surface area contributed by atoms with Crippen LogP contribution < -0.4 is 14.9 Å². The maximum absolute atomic E-state index is 11.5. The van der Waals surface area contributed by atoms with Gasteiger partial charge in [0.05, 0.1) is 38.7 Å². The van der Waals surface area contributed by atoms with Crippen molar-refractivity contribution >= 4 is 28.7 Å². The van der Waals surface area contributed by atoms with Gasteiger partial charge in [0.2, 0.25) is 5.13 Å². The minimum Gasteiger partial charge on any atom is -0.493 e. The van der Waals surface area contributed by atoms with E-state index < -0.39 is 0 Å². The van der Waals surface area contributed by atoms with Gasteiger partial charge in [-0.05, 0) is 49.4 Å². The van der Waals surface area contributed by atoms with Gasteiger partial charge in [0.15, 0.2) is 11.5 Å². The molecule has 1 N–H and O–H groups in total. The quantitative estimate of drug-likeness (QED) is 0.380. The van der Waals surface area contributed by atoms with Crippen molar-refractivity contribution in [3.8, 4) is 11.5 Å². The van der Waals surface area contributed by atoms with Crippen LogP contribution in [0.1, 0.15) is 31.0 Å². The molecule has 1 aliphatic carbocycles. The SMILES string of the molecule is CCOC(=O)Cc1csc(NN=Cc2ccc(OC)c(OCC3CC3)c2)n1. The summed E-state index contributed by atoms with van der Waals surface area (Å²) in [5.41, 5.74) is 4.43. The van der Waals surface area contributed by atoms with E-state index >= 15 is 0 Å². The van der Waals surface area contributed by atoms with Gasteiger partial charge in [0, 0.05) is 5.38 Å². The number of hydrogen-bond acceptors (Lipinski definition) is 8. The fourth-order valence-corrected chi connectivity index (χ4v) is 3.00. The number of benzene rings is 1. The fourth-order valence-electron chi connectivity index (χ4n) is 2.34. The van der Waals surface area contributed by atoms with Crippen LogP contribution in [0.3, 0.4) is 0 Å². The van der Waals surface area contributed by atoms with Crippen LogP contribution in [0.25, 0.3) is 0 Å². The normalized spacial score (nSPS) is 13.6. The number of rotatable bonds is 10. The van der Waals surface area contributed by atoms with Crippen LogP contribution in [-0.2, 0) is 16.0 Å². The van der Waals surface area contributed by atoms with Gasteiger partial charge in [-0.15, -0.1) is 11.3 Å². The van der Waals surface area contributed by atoms with Crippen molar-refractivity contribution in [3.63, 3.8) is 0 Å². The molecule has 3 rings (SSSR count). The van der Waals surface area contributed by atoms with E-state index in [1.54, 1.807) is 20.2 Å². The predicted molar refractivity (Wildman–Crippen MR) is 105 cm³/mol. The third-order valence-corrected chi connectivity index (χ3v) is 4.71. The highest BCUT2D eigenvalue weighted by atomic mass is 32.1. The molecule has 7 nitrogen and oxygen atoms in total. The molecule has 1 fully saturated rings. The molecule has 1 aliphatic rings. The van der Waals surface area contributed by atoms with E-state index in [0.717, 1.165) is 17.9 Å². The van der Waals surface area contributed by atoms with Gasteiger partial charge in [-0.3, -0.25) is 10.2 Å². The molecule has 8 heteroatoms. The molecular formula is C19H23N3O4S. The molecule has 1 saturated carbocycles. The van der Waals surface area contributed by atoms with E-state index in [1.807, 2.05) is 23.6 Å². The number of anilines is 1. The van der Waals surface area contributed by atoms with Crippen molar-refractivity contribution in [2.24, 2.45) is 11.0 Å². The molecule has 0 bridgehead atoms. The topological polar surface area (TPSA) is 82.0 Å². The summed E-state index contributed by atoms with van der Waals surface area (Å²) in [4.78, 5) is 15.8. The standard InChI is InChI=1S/C19H23N3O4S/c1-3-25-18(23)9-15-12-27-19(21-15)22-20-10-14-6-7-16(24-2)17(8-14)26-11-13-4-5-13/h6-8,10,12-13H,3-5,9,11H2,1-2H3,(H,21,22). The van der Waals surface area contributed by atoms with Gasteiger partial charge in [0.1, 0.15) is 0 Å². The minimum absolute atomic E-state index is 0.163. The largest absolute Gasteiger partial charge is 0.493 e. The lowest BCUT2D eigenvalue weighted by atomic mass is 10.2. The summed E-state index contributed by atoms with van der Waals surface area (Å²) in [5, 5.41) is 6.63. The van der Waals surface area contributed by atoms with Gasteiger partial charge in [0.25, 0.3) is 0 Å². The summed E-state index contributed by atoms with van der Waals surface area (Å²) in [6.07, 6.45) is 4.32. The number of esters is 1. The molecule has 0 aliphatic heterocycles. The van der Waals surface area contributed by atoms with Gasteiger partial charge in [-0.25, -0.2) is 4.98 Å². The lowest BCUT2D eigenvalue weighted by Crippen LogP contribution is -2.07. The van der Waals surface area contributed by atoms with E-state index in [4.69, 9.17) is 14.2 Å². The Labute approximate surface area is 162 Å². The molecule has 0 spiro atoms. The van der Waals surface area contributed by atoms with Crippen LogP contribution in [-0.4, -0.2) is 37.5 Å². The molecule has 0 saturated heterocycles. The van der Waals surface area contributed by atoms with Gasteiger partial charge in [-0.1, -0.05) is 0 Å². The van der Waals surface area contributed by atoms with Gasteiger partial charge >= 0.3 is 5.97 Å². The van der Waals surface area contributed by atoms with Crippen LogP contribution in [0.2, 0.25) is 0 Å². The number of thiazole rings is 1. The molecule has 144 valence electrons. The second kappa shape index (κ2) is 9.36. The molecule has 1 heterocycles. The average molecular weight is 389 g/mol. The second-order valence-electron chi connectivity index (χ2n) is 6.16. The van der Waals surface area contributed by atoms with Crippen molar-refractivity contribution in [3.05, 3.63) is 34.8 Å². The van der Waals surface area contributed by atoms with Crippen LogP contribution in [0, 0.1) is 5.92 Å². The zero-order valence-corrected chi connectivity index (χ0v) is 16.3. The summed E-state index contributed by atoms with van der Waals surface area (Å²) in [7, 11) is 1.63. The summed E-state index contributed by atoms with van der Waals surface area (Å²) < 4.78 is 16.1. The Morgan fingerprint density at radius 1 is 1.41 bits per heavy atom. The number of aromatic nitrogens is 1. The lowest BCUT2D eigenvalue weighted by Gasteiger charge is -2.10. The highest BCUT2D eigenvalue weighted by Crippen LogP contribution is 2.33. The Morgan fingerprint density at radius 2 is 2.26 bits per heavy atom. The van der Waals surface area contributed by atoms with Gasteiger partial charge < -0.3 is 14.2 Å². The zero-order chi connectivity index (χ0) is 19.1. The first kappa shape index (κ1) is 19.2. The lowest BCUT2D eigenvalue weighted by molar-refractivity contribution is -0.142. The molecule has 0 radical (unpaired) electrons. The molecule has 0 amide bonds. The molecule has 1 aromatic heterocycles. The van der Waals surface area contributed by atoms with Crippen molar-refractivity contribution in [2.75, 3.05) is 25.7 Å². The van der Waals surface area contributed by atoms with E-state index in [0.29, 0.717) is 29.1 Å². The number of hydrogen-bond donors (Lipinski definition) is 1. The first-order chi connectivity index (χ1) is 13.2. The minimum atomic E-state index is -0.283. The highest BCUT2D eigenvalue weighted by Gasteiger charge is 2.22. The van der Waals surface area contributed by atoms with Crippen molar-refractivity contribution in [1.82, 2.24) is 4.98 Å². The molecule has 2 aromatic rings. The number of methoxy groups -OCH3 is 1. The number of nitrogens with one attached hydrogen (secondary N) is 1. The summed E-state index contributed by atoms with van der Waals surface area (Å²) >= 11 is 1.38. The number of carbonyl (C=O) groups is 1. The number of carbonyl (C=O) groups excluding carboxylic acids is 1. The van der Waals surface area contributed by atoms with Crippen molar-refractivity contribution in [1.29, 1.82) is 0 Å². The van der Waals surface area contributed by atoms with Crippen LogP contribution in [0.4, 0.5) is 5.13 Å². The van der Waals surface area contributed by atoms with Gasteiger partial charge in [-0.2, -0.15) is 5.10 Å². The van der Waals surface area contributed by atoms with E-state index in [9.17, 15) is 4.79 Å². The molecule has 27 heavy (non-hydrogen) atoms. The monoisotopic (exact) mass is 389 g/mol. The Morgan fingerprint density at radius 3 is 3.00 bits per heavy atom. The first-order valence-electron chi connectivity index (χ1n) is 8.88. The fraction of sp³-hybridized carbons (Fsp3) is 0.421. The Kier molecular flexibility index (Phi) is 6.64. The highest BCUT2D eigenvalue weighted by molar-refractivity contribution is 7.13. The molecule has 1 aromatic carbocycles. The third-order valence-electron chi connectivity index (χ3n) is 3.92. The van der Waals surface area contributed by atoms with Crippen LogP contribution in [0.15, 0.2) is 28.7 Å². The second-order valence-corrected chi connectivity index (χ2v) is 7.02. The number of nitrogens with zero attached hydrogens (tertiary/aromatic N) is 2. The third kappa shape index (κ3) is 5.96. The summed E-state index contributed by atoms with van der Waals surface area (Å²) in [6, 6.07) is 5.67. The smallest absolute Gasteiger partial charge is 0.311 e. The number of ether oxygens (including phenoxy) is 3.